The molecule has 106 valence electrons. The standard InChI is InChI=1S/C14H16BrN3O2/c1-20-9-11(15)4-5-18-14(19)10-2-3-12-13(8-10)17-7-6-16-12/h2-3,6-8,11H,4-5,9H2,1H3,(H,18,19). The van der Waals surface area contributed by atoms with E-state index in [1.165, 1.54) is 0 Å². The van der Waals surface area contributed by atoms with Crippen LogP contribution in [0.1, 0.15) is 16.8 Å². The van der Waals surface area contributed by atoms with Crippen molar-refractivity contribution >= 4 is 32.9 Å². The summed E-state index contributed by atoms with van der Waals surface area (Å²) >= 11 is 3.48. The molecule has 0 aliphatic carbocycles. The third-order valence-electron chi connectivity index (χ3n) is 2.82. The maximum atomic E-state index is 12.0. The van der Waals surface area contributed by atoms with Crippen molar-refractivity contribution in [3.8, 4) is 0 Å². The SMILES string of the molecule is COCC(Br)CCNC(=O)c1ccc2nccnc2c1. The van der Waals surface area contributed by atoms with Gasteiger partial charge < -0.3 is 10.1 Å². The quantitative estimate of drug-likeness (QED) is 0.820. The Morgan fingerprint density at radius 3 is 2.85 bits per heavy atom. The van der Waals surface area contributed by atoms with Crippen LogP contribution in [0.25, 0.3) is 11.0 Å². The summed E-state index contributed by atoms with van der Waals surface area (Å²) in [4.78, 5) is 20.6. The van der Waals surface area contributed by atoms with E-state index in [-0.39, 0.29) is 10.7 Å². The maximum Gasteiger partial charge on any atom is 0.251 e. The molecule has 0 aliphatic rings. The molecular weight excluding hydrogens is 322 g/mol. The number of hydrogen-bond acceptors (Lipinski definition) is 4. The number of hydrogen-bond donors (Lipinski definition) is 1. The molecule has 1 aromatic heterocycles. The van der Waals surface area contributed by atoms with Crippen molar-refractivity contribution in [1.29, 1.82) is 0 Å². The summed E-state index contributed by atoms with van der Waals surface area (Å²) in [6.45, 7) is 1.22. The maximum absolute atomic E-state index is 12.0. The Hall–Kier alpha value is -1.53. The number of methoxy groups -OCH3 is 1. The molecule has 0 aliphatic heterocycles. The number of nitrogens with one attached hydrogen (secondary N) is 1. The lowest BCUT2D eigenvalue weighted by Crippen LogP contribution is -2.26. The van der Waals surface area contributed by atoms with Gasteiger partial charge in [0.2, 0.25) is 0 Å². The molecule has 0 radical (unpaired) electrons. The third-order valence-corrected chi connectivity index (χ3v) is 3.54. The fourth-order valence-electron chi connectivity index (χ4n) is 1.81. The normalized spacial score (nSPS) is 12.3. The summed E-state index contributed by atoms with van der Waals surface area (Å²) in [6, 6.07) is 5.31. The van der Waals surface area contributed by atoms with E-state index in [1.54, 1.807) is 37.7 Å². The zero-order chi connectivity index (χ0) is 14.4. The van der Waals surface area contributed by atoms with Crippen LogP contribution >= 0.6 is 15.9 Å². The monoisotopic (exact) mass is 337 g/mol. The second kappa shape index (κ2) is 7.31. The van der Waals surface area contributed by atoms with E-state index in [0.717, 1.165) is 17.5 Å². The molecule has 1 heterocycles. The minimum absolute atomic E-state index is 0.102. The molecule has 2 aromatic rings. The Labute approximate surface area is 125 Å². The summed E-state index contributed by atoms with van der Waals surface area (Å²) in [5, 5.41) is 2.88. The number of halogens is 1. The van der Waals surface area contributed by atoms with Gasteiger partial charge in [-0.15, -0.1) is 0 Å². The van der Waals surface area contributed by atoms with Crippen LogP contribution in [0.4, 0.5) is 0 Å². The van der Waals surface area contributed by atoms with Crippen LogP contribution in [-0.2, 0) is 4.74 Å². The molecule has 0 saturated carbocycles. The van der Waals surface area contributed by atoms with E-state index < -0.39 is 0 Å². The van der Waals surface area contributed by atoms with Crippen LogP contribution in [0.2, 0.25) is 0 Å². The minimum Gasteiger partial charge on any atom is -0.384 e. The van der Waals surface area contributed by atoms with Crippen LogP contribution in [0.5, 0.6) is 0 Å². The second-order valence-electron chi connectivity index (χ2n) is 4.36. The Bertz CT molecular complexity index is 591. The zero-order valence-corrected chi connectivity index (χ0v) is 12.8. The van der Waals surface area contributed by atoms with Gasteiger partial charge in [0, 0.05) is 36.4 Å². The fourth-order valence-corrected chi connectivity index (χ4v) is 2.31. The predicted molar refractivity (Wildman–Crippen MR) is 81.1 cm³/mol. The van der Waals surface area contributed by atoms with E-state index in [0.29, 0.717) is 18.7 Å². The van der Waals surface area contributed by atoms with Crippen LogP contribution in [0, 0.1) is 0 Å². The summed E-state index contributed by atoms with van der Waals surface area (Å²) in [5.74, 6) is -0.102. The van der Waals surface area contributed by atoms with Crippen molar-refractivity contribution in [3.63, 3.8) is 0 Å². The average Bonchev–Trinajstić information content (AvgIpc) is 2.47. The van der Waals surface area contributed by atoms with Crippen molar-refractivity contribution in [2.24, 2.45) is 0 Å². The molecule has 1 N–H and O–H groups in total. The van der Waals surface area contributed by atoms with Gasteiger partial charge in [0.1, 0.15) is 0 Å². The molecule has 0 spiro atoms. The Kier molecular flexibility index (Phi) is 5.43. The number of alkyl halides is 1. The molecule has 0 bridgehead atoms. The first-order chi connectivity index (χ1) is 9.70. The summed E-state index contributed by atoms with van der Waals surface area (Å²) in [5.41, 5.74) is 2.10. The number of ether oxygens (including phenoxy) is 1. The number of nitrogens with zero attached hydrogens (tertiary/aromatic N) is 2. The van der Waals surface area contributed by atoms with Gasteiger partial charge in [-0.1, -0.05) is 15.9 Å². The van der Waals surface area contributed by atoms with Crippen molar-refractivity contribution < 1.29 is 9.53 Å². The van der Waals surface area contributed by atoms with Gasteiger partial charge in [0.15, 0.2) is 0 Å². The summed E-state index contributed by atoms with van der Waals surface area (Å²) in [7, 11) is 1.66. The molecule has 1 amide bonds. The Morgan fingerprint density at radius 2 is 2.10 bits per heavy atom. The Morgan fingerprint density at radius 1 is 1.35 bits per heavy atom. The number of fused-ring (bicyclic) bond motifs is 1. The fraction of sp³-hybridized carbons (Fsp3) is 0.357. The van der Waals surface area contributed by atoms with Crippen LogP contribution < -0.4 is 5.32 Å². The van der Waals surface area contributed by atoms with Gasteiger partial charge in [-0.25, -0.2) is 0 Å². The van der Waals surface area contributed by atoms with Crippen molar-refractivity contribution in [2.45, 2.75) is 11.2 Å². The molecule has 5 nitrogen and oxygen atoms in total. The number of carbonyl (C=O) groups excluding carboxylic acids is 1. The van der Waals surface area contributed by atoms with Crippen molar-refractivity contribution in [3.05, 3.63) is 36.2 Å². The lowest BCUT2D eigenvalue weighted by atomic mass is 10.2. The molecule has 0 saturated heterocycles. The highest BCUT2D eigenvalue weighted by Gasteiger charge is 2.08. The van der Waals surface area contributed by atoms with E-state index >= 15 is 0 Å². The first-order valence-electron chi connectivity index (χ1n) is 6.32. The molecule has 1 unspecified atom stereocenters. The van der Waals surface area contributed by atoms with Gasteiger partial charge >= 0.3 is 0 Å². The average molecular weight is 338 g/mol. The summed E-state index contributed by atoms with van der Waals surface area (Å²) in [6.07, 6.45) is 4.06. The number of rotatable bonds is 6. The van der Waals surface area contributed by atoms with Gasteiger partial charge in [0.05, 0.1) is 17.6 Å². The predicted octanol–water partition coefficient (Wildman–Crippen LogP) is 2.16. The van der Waals surface area contributed by atoms with Gasteiger partial charge in [-0.2, -0.15) is 0 Å². The molecular formula is C14H16BrN3O2. The molecule has 2 rings (SSSR count). The van der Waals surface area contributed by atoms with E-state index in [2.05, 4.69) is 31.2 Å². The lowest BCUT2D eigenvalue weighted by molar-refractivity contribution is 0.0952. The largest absolute Gasteiger partial charge is 0.384 e. The van der Waals surface area contributed by atoms with E-state index in [9.17, 15) is 4.79 Å². The lowest BCUT2D eigenvalue weighted by Gasteiger charge is -2.09. The first-order valence-corrected chi connectivity index (χ1v) is 7.24. The van der Waals surface area contributed by atoms with Crippen LogP contribution in [0.15, 0.2) is 30.6 Å². The molecule has 6 heteroatoms. The Balaban J connectivity index is 1.94. The topological polar surface area (TPSA) is 64.1 Å². The highest BCUT2D eigenvalue weighted by atomic mass is 79.9. The third kappa shape index (κ3) is 3.98. The smallest absolute Gasteiger partial charge is 0.251 e. The van der Waals surface area contributed by atoms with E-state index in [1.807, 2.05) is 0 Å². The minimum atomic E-state index is -0.102. The van der Waals surface area contributed by atoms with Crippen LogP contribution in [0.3, 0.4) is 0 Å². The van der Waals surface area contributed by atoms with Gasteiger partial charge in [-0.05, 0) is 24.6 Å². The highest BCUT2D eigenvalue weighted by Crippen LogP contribution is 2.11. The molecule has 1 aromatic carbocycles. The number of amides is 1. The van der Waals surface area contributed by atoms with E-state index in [4.69, 9.17) is 4.74 Å². The van der Waals surface area contributed by atoms with Gasteiger partial charge in [0.25, 0.3) is 5.91 Å². The van der Waals surface area contributed by atoms with Crippen molar-refractivity contribution in [1.82, 2.24) is 15.3 Å². The number of carbonyl (C=O) groups is 1. The zero-order valence-electron chi connectivity index (χ0n) is 11.2. The first kappa shape index (κ1) is 14.9. The highest BCUT2D eigenvalue weighted by molar-refractivity contribution is 9.09. The molecule has 0 fully saturated rings. The van der Waals surface area contributed by atoms with Crippen LogP contribution in [-0.4, -0.2) is 41.0 Å². The van der Waals surface area contributed by atoms with Crippen molar-refractivity contribution in [2.75, 3.05) is 20.3 Å². The summed E-state index contributed by atoms with van der Waals surface area (Å²) < 4.78 is 5.02. The second-order valence-corrected chi connectivity index (χ2v) is 5.65. The molecule has 20 heavy (non-hydrogen) atoms. The van der Waals surface area contributed by atoms with Gasteiger partial charge in [-0.3, -0.25) is 14.8 Å². The molecule has 1 atom stereocenters. The number of benzene rings is 1. The number of aromatic nitrogens is 2.